The lowest BCUT2D eigenvalue weighted by molar-refractivity contribution is 0.454. The lowest BCUT2D eigenvalue weighted by Gasteiger charge is -2.26. The molecule has 0 bridgehead atoms. The van der Waals surface area contributed by atoms with Crippen molar-refractivity contribution in [2.24, 2.45) is 5.73 Å². The van der Waals surface area contributed by atoms with Gasteiger partial charge in [0.05, 0.1) is 0 Å². The quantitative estimate of drug-likeness (QED) is 0.607. The van der Waals surface area contributed by atoms with Crippen LogP contribution in [0.5, 0.6) is 0 Å². The summed E-state index contributed by atoms with van der Waals surface area (Å²) in [6.45, 7) is 0. The zero-order chi connectivity index (χ0) is 6.69. The maximum Gasteiger partial charge on any atom is 0.0196 e. The summed E-state index contributed by atoms with van der Waals surface area (Å²) >= 11 is 1.93. The van der Waals surface area contributed by atoms with Crippen LogP contribution in [0, 0.1) is 0 Å². The minimum Gasteiger partial charge on any atom is -0.327 e. The van der Waals surface area contributed by atoms with E-state index in [0.29, 0.717) is 6.04 Å². The van der Waals surface area contributed by atoms with Gasteiger partial charge in [0, 0.05) is 11.3 Å². The molecular formula is C7H15NS. The Kier molecular flexibility index (Phi) is 2.86. The summed E-state index contributed by atoms with van der Waals surface area (Å²) in [6.07, 6.45) is 7.47. The number of hydrogen-bond acceptors (Lipinski definition) is 2. The summed E-state index contributed by atoms with van der Waals surface area (Å²) in [5, 5.41) is 0.749. The predicted octanol–water partition coefficient (Wildman–Crippen LogP) is 1.62. The van der Waals surface area contributed by atoms with Gasteiger partial charge >= 0.3 is 0 Å². The van der Waals surface area contributed by atoms with Crippen molar-refractivity contribution in [2.45, 2.75) is 37.0 Å². The minimum absolute atomic E-state index is 0.480. The lowest BCUT2D eigenvalue weighted by Crippen LogP contribution is -2.34. The van der Waals surface area contributed by atoms with E-state index in [1.165, 1.54) is 25.7 Å². The van der Waals surface area contributed by atoms with Gasteiger partial charge in [0.15, 0.2) is 0 Å². The Morgan fingerprint density at radius 1 is 1.33 bits per heavy atom. The molecule has 0 aromatic carbocycles. The molecule has 1 saturated carbocycles. The zero-order valence-corrected chi connectivity index (χ0v) is 6.79. The van der Waals surface area contributed by atoms with Gasteiger partial charge in [0.1, 0.15) is 0 Å². The monoisotopic (exact) mass is 145 g/mol. The maximum absolute atomic E-state index is 5.87. The zero-order valence-electron chi connectivity index (χ0n) is 5.97. The number of hydrogen-bond donors (Lipinski definition) is 1. The van der Waals surface area contributed by atoms with E-state index in [1.54, 1.807) is 0 Å². The average Bonchev–Trinajstić information content (AvgIpc) is 1.89. The van der Waals surface area contributed by atoms with Crippen molar-refractivity contribution in [2.75, 3.05) is 6.26 Å². The van der Waals surface area contributed by atoms with Crippen LogP contribution in [0.3, 0.4) is 0 Å². The molecule has 0 unspecified atom stereocenters. The molecule has 2 N–H and O–H groups in total. The topological polar surface area (TPSA) is 26.0 Å². The van der Waals surface area contributed by atoms with Crippen LogP contribution in [0.15, 0.2) is 0 Å². The van der Waals surface area contributed by atoms with Gasteiger partial charge in [-0.3, -0.25) is 0 Å². The molecule has 2 atom stereocenters. The molecule has 0 radical (unpaired) electrons. The highest BCUT2D eigenvalue weighted by molar-refractivity contribution is 7.99. The second-order valence-electron chi connectivity index (χ2n) is 2.72. The van der Waals surface area contributed by atoms with Crippen LogP contribution in [-0.2, 0) is 0 Å². The molecule has 1 aliphatic carbocycles. The van der Waals surface area contributed by atoms with Crippen LogP contribution < -0.4 is 5.73 Å². The predicted molar refractivity (Wildman–Crippen MR) is 43.7 cm³/mol. The summed E-state index contributed by atoms with van der Waals surface area (Å²) in [6, 6.07) is 0.480. The molecule has 1 aliphatic rings. The standard InChI is InChI=1S/C7H15NS/c1-9-7-5-3-2-4-6(7)8/h6-7H,2-5,8H2,1H3/t6-,7-/m1/s1. The third-order valence-electron chi connectivity index (χ3n) is 2.06. The second kappa shape index (κ2) is 3.47. The largest absolute Gasteiger partial charge is 0.327 e. The molecule has 0 saturated heterocycles. The Balaban J connectivity index is 2.30. The van der Waals surface area contributed by atoms with Gasteiger partial charge in [-0.15, -0.1) is 0 Å². The fraction of sp³-hybridized carbons (Fsp3) is 1.00. The first-order valence-corrected chi connectivity index (χ1v) is 4.92. The van der Waals surface area contributed by atoms with Crippen molar-refractivity contribution in [3.05, 3.63) is 0 Å². The molecular weight excluding hydrogens is 130 g/mol. The van der Waals surface area contributed by atoms with Gasteiger partial charge in [-0.1, -0.05) is 12.8 Å². The normalized spacial score (nSPS) is 36.7. The highest BCUT2D eigenvalue weighted by atomic mass is 32.2. The van der Waals surface area contributed by atoms with Crippen LogP contribution in [0.2, 0.25) is 0 Å². The third kappa shape index (κ3) is 1.87. The molecule has 0 aliphatic heterocycles. The Morgan fingerprint density at radius 3 is 2.44 bits per heavy atom. The Labute approximate surface area is 61.4 Å². The summed E-state index contributed by atoms with van der Waals surface area (Å²) in [7, 11) is 0. The Hall–Kier alpha value is 0.310. The minimum atomic E-state index is 0.480. The SMILES string of the molecule is CS[C@@H]1CCCC[C@H]1N. The van der Waals surface area contributed by atoms with Crippen LogP contribution in [0.4, 0.5) is 0 Å². The van der Waals surface area contributed by atoms with Crippen LogP contribution in [-0.4, -0.2) is 17.5 Å². The molecule has 54 valence electrons. The van der Waals surface area contributed by atoms with Crippen LogP contribution in [0.1, 0.15) is 25.7 Å². The van der Waals surface area contributed by atoms with Gasteiger partial charge in [-0.05, 0) is 19.1 Å². The maximum atomic E-state index is 5.87. The van der Waals surface area contributed by atoms with Gasteiger partial charge in [0.2, 0.25) is 0 Å². The van der Waals surface area contributed by atoms with Gasteiger partial charge in [0.25, 0.3) is 0 Å². The summed E-state index contributed by atoms with van der Waals surface area (Å²) < 4.78 is 0. The first kappa shape index (κ1) is 7.42. The molecule has 1 rings (SSSR count). The first-order valence-electron chi connectivity index (χ1n) is 3.63. The fourth-order valence-electron chi connectivity index (χ4n) is 1.42. The fourth-order valence-corrected chi connectivity index (χ4v) is 2.31. The molecule has 9 heavy (non-hydrogen) atoms. The van der Waals surface area contributed by atoms with E-state index in [4.69, 9.17) is 5.73 Å². The number of nitrogens with two attached hydrogens (primary N) is 1. The summed E-state index contributed by atoms with van der Waals surface area (Å²) in [4.78, 5) is 0. The van der Waals surface area contributed by atoms with Crippen molar-refractivity contribution < 1.29 is 0 Å². The van der Waals surface area contributed by atoms with Gasteiger partial charge in [-0.25, -0.2) is 0 Å². The first-order chi connectivity index (χ1) is 4.34. The highest BCUT2D eigenvalue weighted by Gasteiger charge is 2.19. The molecule has 0 amide bonds. The third-order valence-corrected chi connectivity index (χ3v) is 3.25. The van der Waals surface area contributed by atoms with Crippen molar-refractivity contribution in [1.82, 2.24) is 0 Å². The number of rotatable bonds is 1. The van der Waals surface area contributed by atoms with Crippen LogP contribution >= 0.6 is 11.8 Å². The molecule has 2 heteroatoms. The number of thioether (sulfide) groups is 1. The van der Waals surface area contributed by atoms with Crippen molar-refractivity contribution in [3.63, 3.8) is 0 Å². The average molecular weight is 145 g/mol. The van der Waals surface area contributed by atoms with E-state index in [0.717, 1.165) is 5.25 Å². The van der Waals surface area contributed by atoms with E-state index in [9.17, 15) is 0 Å². The molecule has 0 aromatic rings. The Morgan fingerprint density at radius 2 is 2.00 bits per heavy atom. The molecule has 0 spiro atoms. The van der Waals surface area contributed by atoms with Gasteiger partial charge in [-0.2, -0.15) is 11.8 Å². The second-order valence-corrected chi connectivity index (χ2v) is 3.80. The molecule has 0 heterocycles. The van der Waals surface area contributed by atoms with Crippen molar-refractivity contribution in [3.8, 4) is 0 Å². The van der Waals surface area contributed by atoms with E-state index in [1.807, 2.05) is 11.8 Å². The molecule has 1 nitrogen and oxygen atoms in total. The molecule has 0 aromatic heterocycles. The lowest BCUT2D eigenvalue weighted by atomic mass is 9.96. The van der Waals surface area contributed by atoms with Crippen molar-refractivity contribution >= 4 is 11.8 Å². The smallest absolute Gasteiger partial charge is 0.0196 e. The van der Waals surface area contributed by atoms with Gasteiger partial charge < -0.3 is 5.73 Å². The highest BCUT2D eigenvalue weighted by Crippen LogP contribution is 2.25. The van der Waals surface area contributed by atoms with E-state index < -0.39 is 0 Å². The van der Waals surface area contributed by atoms with E-state index in [2.05, 4.69) is 6.26 Å². The Bertz CT molecular complexity index is 85.0. The van der Waals surface area contributed by atoms with Crippen molar-refractivity contribution in [1.29, 1.82) is 0 Å². The summed E-state index contributed by atoms with van der Waals surface area (Å²) in [5.41, 5.74) is 5.87. The van der Waals surface area contributed by atoms with Crippen LogP contribution in [0.25, 0.3) is 0 Å². The van der Waals surface area contributed by atoms with E-state index in [-0.39, 0.29) is 0 Å². The summed E-state index contributed by atoms with van der Waals surface area (Å²) in [5.74, 6) is 0. The van der Waals surface area contributed by atoms with E-state index >= 15 is 0 Å². The molecule has 1 fully saturated rings.